The summed E-state index contributed by atoms with van der Waals surface area (Å²) in [5, 5.41) is 9.39. The lowest BCUT2D eigenvalue weighted by Crippen LogP contribution is -2.47. The van der Waals surface area contributed by atoms with E-state index >= 15 is 0 Å². The minimum Gasteiger partial charge on any atom is -0.494 e. The summed E-state index contributed by atoms with van der Waals surface area (Å²) in [6, 6.07) is 9.30. The molecule has 2 aromatic carbocycles. The molecule has 1 heterocycles. The Labute approximate surface area is 178 Å². The molecule has 3 rings (SSSR count). The van der Waals surface area contributed by atoms with Gasteiger partial charge in [-0.1, -0.05) is 42.3 Å². The van der Waals surface area contributed by atoms with Gasteiger partial charge in [-0.3, -0.25) is 9.69 Å². The van der Waals surface area contributed by atoms with Gasteiger partial charge in [-0.2, -0.15) is 13.2 Å². The molecule has 1 fully saturated rings. The Kier molecular flexibility index (Phi) is 6.93. The van der Waals surface area contributed by atoms with Crippen molar-refractivity contribution >= 4 is 17.6 Å². The smallest absolute Gasteiger partial charge is 0.417 e. The lowest BCUT2D eigenvalue weighted by molar-refractivity contribution is -0.145. The van der Waals surface area contributed by atoms with E-state index in [1.54, 1.807) is 29.2 Å². The van der Waals surface area contributed by atoms with E-state index < -0.39 is 34.8 Å². The minimum atomic E-state index is -4.62. The third-order valence-electron chi connectivity index (χ3n) is 5.29. The van der Waals surface area contributed by atoms with Crippen LogP contribution in [0.2, 0.25) is 5.02 Å². The van der Waals surface area contributed by atoms with Crippen LogP contribution in [0.1, 0.15) is 48.9 Å². The molecule has 2 aromatic rings. The summed E-state index contributed by atoms with van der Waals surface area (Å²) < 4.78 is 46.3. The number of likely N-dealkylation sites (tertiary alicyclic amines) is 1. The maximum Gasteiger partial charge on any atom is 0.417 e. The summed E-state index contributed by atoms with van der Waals surface area (Å²) in [6.45, 7) is 2.64. The molecule has 0 bridgehead atoms. The molecule has 4 nitrogen and oxygen atoms in total. The first-order valence-electron chi connectivity index (χ1n) is 9.81. The third-order valence-corrected chi connectivity index (χ3v) is 5.62. The molecule has 1 N–H and O–H groups in total. The second kappa shape index (κ2) is 9.27. The summed E-state index contributed by atoms with van der Waals surface area (Å²) >= 11 is 5.83. The predicted molar refractivity (Wildman–Crippen MR) is 108 cm³/mol. The fourth-order valence-electron chi connectivity index (χ4n) is 4.00. The van der Waals surface area contributed by atoms with Gasteiger partial charge in [-0.15, -0.1) is 0 Å². The average Bonchev–Trinajstić information content (AvgIpc) is 2.70. The molecule has 0 radical (unpaired) electrons. The van der Waals surface area contributed by atoms with Crippen molar-refractivity contribution in [1.82, 2.24) is 4.90 Å². The quantitative estimate of drug-likeness (QED) is 0.616. The normalized spacial score (nSPS) is 18.8. The van der Waals surface area contributed by atoms with Crippen LogP contribution in [0.3, 0.4) is 0 Å². The molecule has 0 amide bonds. The number of carboxylic acids is 1. The van der Waals surface area contributed by atoms with Crippen molar-refractivity contribution in [2.75, 3.05) is 13.2 Å². The first-order valence-corrected chi connectivity index (χ1v) is 10.2. The number of carbonyl (C=O) groups is 1. The minimum absolute atomic E-state index is 0.326. The number of halogens is 4. The Morgan fingerprint density at radius 3 is 2.67 bits per heavy atom. The van der Waals surface area contributed by atoms with Crippen molar-refractivity contribution in [3.63, 3.8) is 0 Å². The summed E-state index contributed by atoms with van der Waals surface area (Å²) in [5.74, 6) is -0.471. The van der Waals surface area contributed by atoms with E-state index in [1.807, 2.05) is 6.92 Å². The molecule has 0 spiro atoms. The number of para-hydroxylation sites is 1. The lowest BCUT2D eigenvalue weighted by Gasteiger charge is -2.40. The molecule has 0 aliphatic carbocycles. The summed E-state index contributed by atoms with van der Waals surface area (Å²) in [7, 11) is 0. The first kappa shape index (κ1) is 22.4. The molecule has 0 aromatic heterocycles. The predicted octanol–water partition coefficient (Wildman–Crippen LogP) is 5.79. The van der Waals surface area contributed by atoms with Gasteiger partial charge in [-0.05, 0) is 50.1 Å². The second-order valence-electron chi connectivity index (χ2n) is 7.20. The Morgan fingerprint density at radius 2 is 2.00 bits per heavy atom. The zero-order chi connectivity index (χ0) is 21.9. The highest BCUT2D eigenvalue weighted by Gasteiger charge is 2.38. The van der Waals surface area contributed by atoms with E-state index in [4.69, 9.17) is 16.3 Å². The molecule has 162 valence electrons. The third kappa shape index (κ3) is 4.73. The van der Waals surface area contributed by atoms with E-state index in [0.29, 0.717) is 36.4 Å². The van der Waals surface area contributed by atoms with Crippen molar-refractivity contribution in [3.05, 3.63) is 64.2 Å². The van der Waals surface area contributed by atoms with Crippen molar-refractivity contribution in [2.45, 2.75) is 44.4 Å². The number of hydrogen-bond donors (Lipinski definition) is 1. The van der Waals surface area contributed by atoms with Crippen LogP contribution in [0.25, 0.3) is 0 Å². The highest BCUT2D eigenvalue weighted by Crippen LogP contribution is 2.42. The standard InChI is InChI=1S/C22H23ClF3NO3/c1-2-30-19-9-4-3-7-15(19)20(27-12-6-5-8-18(27)21(28)29)14-10-11-17(23)16(13-14)22(24,25)26/h3-4,7,9-11,13,18,20H,2,5-6,8,12H2,1H3,(H,28,29). The number of nitrogens with zero attached hydrogens (tertiary/aromatic N) is 1. The maximum atomic E-state index is 13.5. The highest BCUT2D eigenvalue weighted by molar-refractivity contribution is 6.31. The van der Waals surface area contributed by atoms with Crippen LogP contribution in [0.5, 0.6) is 5.75 Å². The fraction of sp³-hybridized carbons (Fsp3) is 0.409. The summed E-state index contributed by atoms with van der Waals surface area (Å²) in [6.07, 6.45) is -2.67. The van der Waals surface area contributed by atoms with E-state index in [-0.39, 0.29) is 0 Å². The van der Waals surface area contributed by atoms with Gasteiger partial charge in [0, 0.05) is 5.56 Å². The number of piperidine rings is 1. The Hall–Kier alpha value is -2.25. The molecule has 1 aliphatic rings. The van der Waals surface area contributed by atoms with Gasteiger partial charge in [0.25, 0.3) is 0 Å². The molecule has 1 saturated heterocycles. The van der Waals surface area contributed by atoms with Gasteiger partial charge in [0.2, 0.25) is 0 Å². The van der Waals surface area contributed by atoms with E-state index in [9.17, 15) is 23.1 Å². The summed E-state index contributed by atoms with van der Waals surface area (Å²) in [4.78, 5) is 13.7. The van der Waals surface area contributed by atoms with Crippen molar-refractivity contribution in [1.29, 1.82) is 0 Å². The number of hydrogen-bond acceptors (Lipinski definition) is 3. The number of ether oxygens (including phenoxy) is 1. The van der Waals surface area contributed by atoms with Gasteiger partial charge in [-0.25, -0.2) is 0 Å². The molecule has 30 heavy (non-hydrogen) atoms. The zero-order valence-corrected chi connectivity index (χ0v) is 17.2. The van der Waals surface area contributed by atoms with Crippen molar-refractivity contribution in [2.24, 2.45) is 0 Å². The molecular formula is C22H23ClF3NO3. The van der Waals surface area contributed by atoms with E-state index in [1.165, 1.54) is 12.1 Å². The number of alkyl halides is 3. The largest absolute Gasteiger partial charge is 0.494 e. The van der Waals surface area contributed by atoms with Gasteiger partial charge in [0.1, 0.15) is 11.8 Å². The van der Waals surface area contributed by atoms with Crippen LogP contribution in [0, 0.1) is 0 Å². The Bertz CT molecular complexity index is 903. The SMILES string of the molecule is CCOc1ccccc1C(c1ccc(Cl)c(C(F)(F)F)c1)N1CCCCC1C(=O)O. The maximum absolute atomic E-state index is 13.5. The van der Waals surface area contributed by atoms with Gasteiger partial charge in [0.15, 0.2) is 0 Å². The zero-order valence-electron chi connectivity index (χ0n) is 16.5. The van der Waals surface area contributed by atoms with E-state index in [2.05, 4.69) is 0 Å². The van der Waals surface area contributed by atoms with Crippen LogP contribution in [0.15, 0.2) is 42.5 Å². The number of rotatable bonds is 6. The number of benzene rings is 2. The fourth-order valence-corrected chi connectivity index (χ4v) is 4.23. The van der Waals surface area contributed by atoms with Gasteiger partial charge >= 0.3 is 12.1 Å². The van der Waals surface area contributed by atoms with Crippen LogP contribution >= 0.6 is 11.6 Å². The summed E-state index contributed by atoms with van der Waals surface area (Å²) in [5.41, 5.74) is 0.0133. The number of carboxylic acid groups (broad SMARTS) is 1. The topological polar surface area (TPSA) is 49.8 Å². The molecule has 1 aliphatic heterocycles. The highest BCUT2D eigenvalue weighted by atomic mass is 35.5. The van der Waals surface area contributed by atoms with Crippen LogP contribution in [0.4, 0.5) is 13.2 Å². The lowest BCUT2D eigenvalue weighted by atomic mass is 9.90. The second-order valence-corrected chi connectivity index (χ2v) is 7.61. The van der Waals surface area contributed by atoms with Crippen LogP contribution < -0.4 is 4.74 Å². The van der Waals surface area contributed by atoms with Crippen LogP contribution in [-0.4, -0.2) is 35.2 Å². The molecule has 2 unspecified atom stereocenters. The molecular weight excluding hydrogens is 419 g/mol. The Morgan fingerprint density at radius 1 is 1.27 bits per heavy atom. The molecule has 8 heteroatoms. The Balaban J connectivity index is 2.20. The first-order chi connectivity index (χ1) is 14.2. The van der Waals surface area contributed by atoms with E-state index in [0.717, 1.165) is 18.9 Å². The number of aliphatic carboxylic acids is 1. The average molecular weight is 442 g/mol. The molecule has 0 saturated carbocycles. The van der Waals surface area contributed by atoms with Crippen molar-refractivity contribution < 1.29 is 27.8 Å². The van der Waals surface area contributed by atoms with Gasteiger partial charge in [0.05, 0.1) is 23.2 Å². The van der Waals surface area contributed by atoms with Gasteiger partial charge < -0.3 is 9.84 Å². The van der Waals surface area contributed by atoms with Crippen LogP contribution in [-0.2, 0) is 11.0 Å². The van der Waals surface area contributed by atoms with Crippen molar-refractivity contribution in [3.8, 4) is 5.75 Å². The molecule has 2 atom stereocenters. The monoisotopic (exact) mass is 441 g/mol.